The molecule has 0 aliphatic heterocycles. The van der Waals surface area contributed by atoms with Crippen molar-refractivity contribution in [1.82, 2.24) is 9.55 Å². The zero-order valence-corrected chi connectivity index (χ0v) is 9.89. The van der Waals surface area contributed by atoms with Crippen LogP contribution in [-0.2, 0) is 19.9 Å². The molecule has 1 rings (SSSR count). The van der Waals surface area contributed by atoms with Crippen LogP contribution in [0.3, 0.4) is 0 Å². The van der Waals surface area contributed by atoms with Crippen molar-refractivity contribution in [1.29, 1.82) is 0 Å². The van der Waals surface area contributed by atoms with E-state index < -0.39 is 0 Å². The van der Waals surface area contributed by atoms with Gasteiger partial charge < -0.3 is 10.3 Å². The van der Waals surface area contributed by atoms with Crippen molar-refractivity contribution in [3.8, 4) is 0 Å². The van der Waals surface area contributed by atoms with E-state index in [1.54, 1.807) is 0 Å². The Morgan fingerprint density at radius 2 is 1.93 bits per heavy atom. The predicted molar refractivity (Wildman–Crippen MR) is 60.2 cm³/mol. The number of aromatic nitrogens is 2. The van der Waals surface area contributed by atoms with Crippen LogP contribution in [0.25, 0.3) is 0 Å². The van der Waals surface area contributed by atoms with Crippen molar-refractivity contribution in [2.75, 3.05) is 5.73 Å². The molecule has 1 heterocycles. The molecule has 3 heteroatoms. The van der Waals surface area contributed by atoms with Gasteiger partial charge in [0.15, 0.2) is 0 Å². The summed E-state index contributed by atoms with van der Waals surface area (Å²) in [5, 5.41) is 0. The molecule has 0 bridgehead atoms. The van der Waals surface area contributed by atoms with Crippen molar-refractivity contribution in [3.05, 3.63) is 11.5 Å². The summed E-state index contributed by atoms with van der Waals surface area (Å²) in [6.07, 6.45) is 1.87. The molecule has 0 fully saturated rings. The second-order valence-electron chi connectivity index (χ2n) is 5.01. The van der Waals surface area contributed by atoms with Gasteiger partial charge in [-0.2, -0.15) is 0 Å². The van der Waals surface area contributed by atoms with Crippen molar-refractivity contribution < 1.29 is 0 Å². The smallest absolute Gasteiger partial charge is 0.126 e. The Balaban J connectivity index is 2.99. The van der Waals surface area contributed by atoms with E-state index in [1.807, 2.05) is 11.6 Å². The summed E-state index contributed by atoms with van der Waals surface area (Å²) < 4.78 is 1.99. The normalized spacial score (nSPS) is 12.1. The molecule has 0 radical (unpaired) electrons. The Morgan fingerprint density at radius 1 is 1.36 bits per heavy atom. The molecule has 0 aliphatic rings. The van der Waals surface area contributed by atoms with Gasteiger partial charge in [-0.3, -0.25) is 0 Å². The SMILES string of the molecule is CCc1nc(CC(C)(C)C)c(N)n1C. The predicted octanol–water partition coefficient (Wildman–Crippen LogP) is 2.15. The van der Waals surface area contributed by atoms with Crippen molar-refractivity contribution in [2.45, 2.75) is 40.5 Å². The highest BCUT2D eigenvalue weighted by Gasteiger charge is 2.17. The Kier molecular flexibility index (Phi) is 2.88. The van der Waals surface area contributed by atoms with Crippen LogP contribution in [0.2, 0.25) is 0 Å². The van der Waals surface area contributed by atoms with E-state index in [4.69, 9.17) is 5.73 Å². The highest BCUT2D eigenvalue weighted by molar-refractivity contribution is 5.38. The van der Waals surface area contributed by atoms with Gasteiger partial charge >= 0.3 is 0 Å². The highest BCUT2D eigenvalue weighted by Crippen LogP contribution is 2.24. The summed E-state index contributed by atoms with van der Waals surface area (Å²) in [6.45, 7) is 8.70. The summed E-state index contributed by atoms with van der Waals surface area (Å²) in [5.41, 5.74) is 7.27. The third kappa shape index (κ3) is 2.28. The number of nitrogens with zero attached hydrogens (tertiary/aromatic N) is 2. The van der Waals surface area contributed by atoms with Gasteiger partial charge in [0, 0.05) is 13.5 Å². The minimum Gasteiger partial charge on any atom is -0.384 e. The molecule has 3 nitrogen and oxygen atoms in total. The fourth-order valence-corrected chi connectivity index (χ4v) is 1.57. The number of nitrogen functional groups attached to an aromatic ring is 1. The Morgan fingerprint density at radius 3 is 2.29 bits per heavy atom. The van der Waals surface area contributed by atoms with Crippen LogP contribution in [0.15, 0.2) is 0 Å². The van der Waals surface area contributed by atoms with Crippen LogP contribution in [0.5, 0.6) is 0 Å². The Labute approximate surface area is 86.3 Å². The Bertz CT molecular complexity index is 318. The van der Waals surface area contributed by atoms with Crippen molar-refractivity contribution in [2.24, 2.45) is 12.5 Å². The summed E-state index contributed by atoms with van der Waals surface area (Å²) in [4.78, 5) is 4.55. The van der Waals surface area contributed by atoms with Crippen LogP contribution in [-0.4, -0.2) is 9.55 Å². The lowest BCUT2D eigenvalue weighted by Gasteiger charge is -2.16. The zero-order chi connectivity index (χ0) is 10.9. The molecule has 0 atom stereocenters. The van der Waals surface area contributed by atoms with Gasteiger partial charge in [-0.15, -0.1) is 0 Å². The van der Waals surface area contributed by atoms with Gasteiger partial charge in [0.1, 0.15) is 11.6 Å². The fourth-order valence-electron chi connectivity index (χ4n) is 1.57. The van der Waals surface area contributed by atoms with E-state index in [1.165, 1.54) is 0 Å². The topological polar surface area (TPSA) is 43.8 Å². The lowest BCUT2D eigenvalue weighted by Crippen LogP contribution is -2.11. The van der Waals surface area contributed by atoms with Crippen LogP contribution in [0, 0.1) is 5.41 Å². The van der Waals surface area contributed by atoms with Crippen molar-refractivity contribution in [3.63, 3.8) is 0 Å². The maximum absolute atomic E-state index is 5.99. The van der Waals surface area contributed by atoms with E-state index in [9.17, 15) is 0 Å². The van der Waals surface area contributed by atoms with Gasteiger partial charge in [0.05, 0.1) is 5.69 Å². The molecule has 0 saturated carbocycles. The second-order valence-corrected chi connectivity index (χ2v) is 5.01. The fraction of sp³-hybridized carbons (Fsp3) is 0.727. The molecule has 0 aliphatic carbocycles. The number of anilines is 1. The summed E-state index contributed by atoms with van der Waals surface area (Å²) in [5.74, 6) is 1.89. The maximum Gasteiger partial charge on any atom is 0.126 e. The minimum atomic E-state index is 0.244. The molecular weight excluding hydrogens is 174 g/mol. The van der Waals surface area contributed by atoms with Gasteiger partial charge in [0.25, 0.3) is 0 Å². The average Bonchev–Trinajstić information content (AvgIpc) is 2.30. The molecule has 80 valence electrons. The molecule has 0 saturated heterocycles. The molecule has 1 aromatic rings. The third-order valence-electron chi connectivity index (χ3n) is 2.32. The second kappa shape index (κ2) is 3.64. The van der Waals surface area contributed by atoms with E-state index >= 15 is 0 Å². The van der Waals surface area contributed by atoms with Gasteiger partial charge in [-0.25, -0.2) is 4.98 Å². The molecule has 0 unspecified atom stereocenters. The van der Waals surface area contributed by atoms with Gasteiger partial charge in [-0.1, -0.05) is 27.7 Å². The Hall–Kier alpha value is -0.990. The molecule has 0 spiro atoms. The first-order valence-electron chi connectivity index (χ1n) is 5.15. The zero-order valence-electron chi connectivity index (χ0n) is 9.89. The first kappa shape index (κ1) is 11.1. The molecule has 1 aromatic heterocycles. The molecule has 2 N–H and O–H groups in total. The summed E-state index contributed by atoms with van der Waals surface area (Å²) in [6, 6.07) is 0. The monoisotopic (exact) mass is 195 g/mol. The number of rotatable bonds is 2. The number of hydrogen-bond acceptors (Lipinski definition) is 2. The average molecular weight is 195 g/mol. The first-order valence-corrected chi connectivity index (χ1v) is 5.15. The minimum absolute atomic E-state index is 0.244. The van der Waals surface area contributed by atoms with Crippen molar-refractivity contribution >= 4 is 5.82 Å². The van der Waals surface area contributed by atoms with Crippen LogP contribution < -0.4 is 5.73 Å². The quantitative estimate of drug-likeness (QED) is 0.785. The van der Waals surface area contributed by atoms with Crippen LogP contribution in [0.1, 0.15) is 39.2 Å². The van der Waals surface area contributed by atoms with E-state index in [0.717, 1.165) is 30.2 Å². The van der Waals surface area contributed by atoms with E-state index in [2.05, 4.69) is 32.7 Å². The number of nitrogens with two attached hydrogens (primary N) is 1. The van der Waals surface area contributed by atoms with E-state index in [-0.39, 0.29) is 5.41 Å². The lowest BCUT2D eigenvalue weighted by atomic mass is 9.90. The third-order valence-corrected chi connectivity index (χ3v) is 2.32. The largest absolute Gasteiger partial charge is 0.384 e. The first-order chi connectivity index (χ1) is 6.35. The van der Waals surface area contributed by atoms with Gasteiger partial charge in [-0.05, 0) is 11.8 Å². The number of imidazole rings is 1. The number of hydrogen-bond donors (Lipinski definition) is 1. The van der Waals surface area contributed by atoms with Crippen LogP contribution >= 0.6 is 0 Å². The van der Waals surface area contributed by atoms with E-state index in [0.29, 0.717) is 0 Å². The van der Waals surface area contributed by atoms with Crippen LogP contribution in [0.4, 0.5) is 5.82 Å². The number of aryl methyl sites for hydroxylation is 1. The summed E-state index contributed by atoms with van der Waals surface area (Å²) in [7, 11) is 1.98. The molecular formula is C11H21N3. The van der Waals surface area contributed by atoms with Gasteiger partial charge in [0.2, 0.25) is 0 Å². The standard InChI is InChI=1S/C11H21N3/c1-6-9-13-8(7-11(2,3)4)10(12)14(9)5/h6-7,12H2,1-5H3. The lowest BCUT2D eigenvalue weighted by molar-refractivity contribution is 0.407. The molecule has 14 heavy (non-hydrogen) atoms. The molecule has 0 aromatic carbocycles. The maximum atomic E-state index is 5.99. The highest BCUT2D eigenvalue weighted by atomic mass is 15.1. The molecule has 0 amide bonds. The summed E-state index contributed by atoms with van der Waals surface area (Å²) >= 11 is 0.